The monoisotopic (exact) mass is 1350 g/mol. The minimum atomic E-state index is -5.04. The van der Waals surface area contributed by atoms with Gasteiger partial charge in [-0.3, -0.25) is 51.7 Å². The maximum atomic E-state index is 12.6. The van der Waals surface area contributed by atoms with Crippen LogP contribution in [0, 0.1) is 0 Å². The summed E-state index contributed by atoms with van der Waals surface area (Å²) in [5, 5.41) is 32.3. The number of H-pyrrole nitrogens is 2. The summed E-state index contributed by atoms with van der Waals surface area (Å²) in [6, 6.07) is 0. The predicted octanol–water partition coefficient (Wildman–Crippen LogP) is -2.19. The molecule has 37 nitrogen and oxygen atoms in total. The van der Waals surface area contributed by atoms with Gasteiger partial charge in [0, 0.05) is 89.0 Å². The van der Waals surface area contributed by atoms with Crippen molar-refractivity contribution in [3.63, 3.8) is 0 Å². The molecule has 0 radical (unpaired) electrons. The number of aryl methyl sites for hydroxylation is 2. The fourth-order valence-corrected chi connectivity index (χ4v) is 11.0. The Labute approximate surface area is 536 Å². The number of carbonyl (C=O) groups excluding carboxylic acids is 2. The molecule has 0 aliphatic carbocycles. The third-order valence-corrected chi connectivity index (χ3v) is 16.4. The van der Waals surface area contributed by atoms with Crippen LogP contribution in [-0.4, -0.2) is 223 Å². The summed E-state index contributed by atoms with van der Waals surface area (Å²) in [7, 11) is 3.42. The largest absolute Gasteiger partial charge is 0.761 e. The van der Waals surface area contributed by atoms with Gasteiger partial charge in [0.25, 0.3) is 18.9 Å². The molecule has 2 amide bonds. The predicted molar refractivity (Wildman–Crippen MR) is 335 cm³/mol. The van der Waals surface area contributed by atoms with Gasteiger partial charge < -0.3 is 82.8 Å². The van der Waals surface area contributed by atoms with Crippen molar-refractivity contribution >= 4 is 73.5 Å². The highest BCUT2D eigenvalue weighted by Crippen LogP contribution is 2.40. The van der Waals surface area contributed by atoms with Gasteiger partial charge in [0.2, 0.25) is 19.6 Å². The number of aliphatic hydroxyl groups is 2. The summed E-state index contributed by atoms with van der Waals surface area (Å²) in [6.45, 7) is 3.65. The molecule has 0 aromatic carbocycles. The molecule has 0 spiro atoms. The Balaban J connectivity index is 0.000000242. The Bertz CT molecular complexity index is 4130. The molecule has 8 unspecified atom stereocenters. The van der Waals surface area contributed by atoms with E-state index >= 15 is 0 Å². The first-order chi connectivity index (χ1) is 44.5. The zero-order valence-corrected chi connectivity index (χ0v) is 54.3. The lowest BCUT2D eigenvalue weighted by Gasteiger charge is -2.26. The normalized spacial score (nSPS) is 19.7. The standard InChI is InChI=1S/C29H40N11O8P.C26H38N9O9P/c1-40(2,3)13-5-4-11-37-19-35-25-26(33-17-34-27(25)37)32-9-8-31-23(42)7-6-20-15-39(29(44)36-28(20)43)24-14-21(41)22(48-24)16-47-49(45,46)38-12-10-30-18-38;1-35(2,3)11-5-4-10-33-16-31-22-23(29-15-30-24(22)33)28-9-8-27-20(37)7-6-17-13-34(26(39)32-25(17)38)21-12-18(36)19(44-21)14-43-45(40,41)42/h6-7,10,12,15,17-19,21-22,24,41H,4-5,8-9,11,13-14,16H2,1-3H3,(H3-,31,32,33,34,36,42,43,44,45,46);6-7,13,15-16,18-19,21,36H,4-5,8-12,14H2,1-3H3,(H4-,27,28,29,30,32,37,38,39,40,41,42)/b2*7-6+. The third-order valence-electron chi connectivity index (χ3n) is 14.6. The second-order valence-electron chi connectivity index (χ2n) is 24.0. The molecule has 94 heavy (non-hydrogen) atoms. The second-order valence-corrected chi connectivity index (χ2v) is 26.9. The molecule has 2 fully saturated rings. The van der Waals surface area contributed by atoms with Crippen LogP contribution in [-0.2, 0) is 50.3 Å². The minimum absolute atomic E-state index is 0.0220. The number of quaternary nitrogens is 2. The average molecular weight is 1350 g/mol. The van der Waals surface area contributed by atoms with Crippen LogP contribution in [0.1, 0.15) is 62.1 Å². The van der Waals surface area contributed by atoms with Gasteiger partial charge in [-0.25, -0.2) is 44.5 Å². The Morgan fingerprint density at radius 2 is 1.11 bits per heavy atom. The number of hydrogen-bond donors (Lipinski definition) is 9. The number of nitrogens with one attached hydrogen (secondary N) is 6. The minimum Gasteiger partial charge on any atom is -0.761 e. The molecule has 39 heteroatoms. The summed E-state index contributed by atoms with van der Waals surface area (Å²) in [4.78, 5) is 141. The second kappa shape index (κ2) is 31.8. The first kappa shape index (κ1) is 71.6. The number of carbonyl (C=O) groups is 2. The molecule has 2 aliphatic rings. The van der Waals surface area contributed by atoms with Crippen LogP contribution in [0.5, 0.6) is 0 Å². The van der Waals surface area contributed by atoms with Gasteiger partial charge in [-0.1, -0.05) is 0 Å². The first-order valence-corrected chi connectivity index (χ1v) is 32.8. The maximum Gasteiger partial charge on any atom is 0.330 e. The van der Waals surface area contributed by atoms with E-state index in [-0.39, 0.29) is 37.1 Å². The summed E-state index contributed by atoms with van der Waals surface area (Å²) in [5.74, 6) is 0.0856. The zero-order chi connectivity index (χ0) is 68.0. The molecule has 0 bridgehead atoms. The molecule has 7 aromatic heterocycles. The number of fused-ring (bicyclic) bond motifs is 2. The molecule has 0 saturated carbocycles. The maximum absolute atomic E-state index is 12.6. The number of phosphoric ester groups is 1. The highest BCUT2D eigenvalue weighted by Gasteiger charge is 2.38. The number of ether oxygens (including phenoxy) is 2. The topological polar surface area (TPSA) is 475 Å². The van der Waals surface area contributed by atoms with Crippen LogP contribution in [0.4, 0.5) is 11.6 Å². The lowest BCUT2D eigenvalue weighted by atomic mass is 10.2. The fraction of sp³-hybridized carbons (Fsp3) is 0.509. The van der Waals surface area contributed by atoms with Gasteiger partial charge in [0.15, 0.2) is 22.9 Å². The summed E-state index contributed by atoms with van der Waals surface area (Å²) in [6.07, 6.45) is 14.2. The molecular weight excluding hydrogens is 1270 g/mol. The van der Waals surface area contributed by atoms with Crippen molar-refractivity contribution in [2.75, 3.05) is 105 Å². The van der Waals surface area contributed by atoms with Crippen LogP contribution in [0.15, 0.2) is 87.8 Å². The Kier molecular flexibility index (Phi) is 24.2. The van der Waals surface area contributed by atoms with Crippen molar-refractivity contribution in [1.29, 1.82) is 0 Å². The van der Waals surface area contributed by atoms with E-state index < -0.39 is 100.0 Å². The van der Waals surface area contributed by atoms with E-state index in [9.17, 15) is 57.9 Å². The van der Waals surface area contributed by atoms with E-state index in [0.717, 1.165) is 110 Å². The Morgan fingerprint density at radius 1 is 0.660 bits per heavy atom. The molecule has 2 saturated heterocycles. The number of hydrogen-bond acceptors (Lipinski definition) is 25. The highest BCUT2D eigenvalue weighted by atomic mass is 31.2. The van der Waals surface area contributed by atoms with Crippen LogP contribution in [0.25, 0.3) is 34.5 Å². The summed E-state index contributed by atoms with van der Waals surface area (Å²) < 4.78 is 52.2. The fourth-order valence-electron chi connectivity index (χ4n) is 9.80. The lowest BCUT2D eigenvalue weighted by molar-refractivity contribution is -0.870. The van der Waals surface area contributed by atoms with Gasteiger partial charge in [0.1, 0.15) is 54.7 Å². The van der Waals surface area contributed by atoms with E-state index in [1.54, 1.807) is 12.7 Å². The lowest BCUT2D eigenvalue weighted by Crippen LogP contribution is -2.35. The molecule has 510 valence electrons. The van der Waals surface area contributed by atoms with Gasteiger partial charge in [0.05, 0.1) is 105 Å². The molecule has 9 rings (SSSR count). The molecule has 9 heterocycles. The average Bonchev–Trinajstić information content (AvgIpc) is 1.70. The Morgan fingerprint density at radius 3 is 1.52 bits per heavy atom. The van der Waals surface area contributed by atoms with Crippen molar-refractivity contribution < 1.29 is 71.1 Å². The van der Waals surface area contributed by atoms with Crippen molar-refractivity contribution in [2.45, 2.75) is 88.5 Å². The van der Waals surface area contributed by atoms with Crippen LogP contribution in [0.3, 0.4) is 0 Å². The van der Waals surface area contributed by atoms with Gasteiger partial charge in [-0.15, -0.1) is 0 Å². The van der Waals surface area contributed by atoms with E-state index in [2.05, 4.69) is 113 Å². The number of aliphatic hydroxyl groups excluding tert-OH is 2. The van der Waals surface area contributed by atoms with Crippen molar-refractivity contribution in [3.05, 3.63) is 121 Å². The number of nitrogens with zero attached hydrogens (tertiary/aromatic N) is 14. The molecule has 9 N–H and O–H groups in total. The number of aromatic nitrogens is 14. The molecule has 8 atom stereocenters. The van der Waals surface area contributed by atoms with E-state index in [1.165, 1.54) is 43.4 Å². The Hall–Kier alpha value is -8.29. The van der Waals surface area contributed by atoms with Gasteiger partial charge in [-0.05, 0) is 37.8 Å². The number of phosphoric acid groups is 1. The van der Waals surface area contributed by atoms with Gasteiger partial charge in [-0.2, -0.15) is 0 Å². The SMILES string of the molecule is C[N+](C)(C)CCCCn1cnc2c(NCCNC(=O)/C=C/c3cn(C4CC(O)C(COP(=O)([O-])O)O4)c(=O)[nH]c3=O)ncnc21.C[N+](C)(C)CCCCn1cnc2c(NCCNC(=O)/C=C/c3cn(C4CC(O)C(COP(=O)([O-])n5ccnc5)O4)c(=O)[nH]c3=O)ncnc21. The number of imidazole rings is 3. The van der Waals surface area contributed by atoms with Crippen LogP contribution >= 0.6 is 15.6 Å². The van der Waals surface area contributed by atoms with E-state index in [4.69, 9.17) is 18.9 Å². The van der Waals surface area contributed by atoms with Crippen molar-refractivity contribution in [3.8, 4) is 0 Å². The number of rotatable bonds is 31. The van der Waals surface area contributed by atoms with E-state index in [0.29, 0.717) is 35.8 Å². The number of anilines is 2. The molecular formula is C55H78N20O17P2. The summed E-state index contributed by atoms with van der Waals surface area (Å²) >= 11 is 0. The van der Waals surface area contributed by atoms with Crippen molar-refractivity contribution in [2.24, 2.45) is 0 Å². The molecule has 7 aromatic rings. The number of amides is 2. The summed E-state index contributed by atoms with van der Waals surface area (Å²) in [5.41, 5.74) is -0.514. The third kappa shape index (κ3) is 20.6. The number of aromatic amines is 2. The quantitative estimate of drug-likeness (QED) is 0.00965. The van der Waals surface area contributed by atoms with Crippen LogP contribution < -0.4 is 53.6 Å². The van der Waals surface area contributed by atoms with Crippen LogP contribution in [0.2, 0.25) is 0 Å². The van der Waals surface area contributed by atoms with E-state index in [1.807, 2.05) is 9.13 Å². The van der Waals surface area contributed by atoms with Gasteiger partial charge >= 0.3 is 11.4 Å². The number of unbranched alkanes of at least 4 members (excludes halogenated alkanes) is 2. The van der Waals surface area contributed by atoms with Crippen molar-refractivity contribution in [1.82, 2.24) is 78.1 Å². The highest BCUT2D eigenvalue weighted by molar-refractivity contribution is 7.49. The zero-order valence-electron chi connectivity index (χ0n) is 52.5. The molecule has 2 aliphatic heterocycles. The smallest absolute Gasteiger partial charge is 0.330 e. The first-order valence-electron chi connectivity index (χ1n) is 29.8.